The molecular formula is C15H21BrN2. The molecule has 1 unspecified atom stereocenters. The smallest absolute Gasteiger partial charge is 0.0268 e. The number of nitrogens with one attached hydrogen (secondary N) is 1. The second-order valence-electron chi connectivity index (χ2n) is 4.92. The molecule has 0 spiro atoms. The van der Waals surface area contributed by atoms with E-state index in [0.29, 0.717) is 6.04 Å². The fourth-order valence-corrected chi connectivity index (χ4v) is 2.55. The molecule has 1 saturated heterocycles. The number of hydrogen-bond donors (Lipinski definition) is 1. The number of likely N-dealkylation sites (tertiary alicyclic amines) is 1. The second-order valence-corrected chi connectivity index (χ2v) is 6.04. The normalized spacial score (nSPS) is 20.2. The molecular weight excluding hydrogens is 288 g/mol. The lowest BCUT2D eigenvalue weighted by molar-refractivity contribution is 0.333. The SMILES string of the molecule is C=C(Br)CNC1CCN(CCc2ccccc2)C1. The molecule has 2 nitrogen and oxygen atoms in total. The van der Waals surface area contributed by atoms with Crippen molar-refractivity contribution >= 4 is 15.9 Å². The van der Waals surface area contributed by atoms with Crippen molar-refractivity contribution in [3.05, 3.63) is 47.0 Å². The van der Waals surface area contributed by atoms with Crippen LogP contribution in [0.25, 0.3) is 0 Å². The van der Waals surface area contributed by atoms with Crippen LogP contribution in [0.5, 0.6) is 0 Å². The van der Waals surface area contributed by atoms with Crippen LogP contribution in [0.15, 0.2) is 41.4 Å². The van der Waals surface area contributed by atoms with Crippen molar-refractivity contribution in [1.29, 1.82) is 0 Å². The molecule has 98 valence electrons. The van der Waals surface area contributed by atoms with Gasteiger partial charge < -0.3 is 10.2 Å². The Bertz CT molecular complexity index is 377. The Labute approximate surface area is 118 Å². The monoisotopic (exact) mass is 308 g/mol. The van der Waals surface area contributed by atoms with E-state index in [2.05, 4.69) is 63.1 Å². The molecule has 0 amide bonds. The Morgan fingerprint density at radius 2 is 2.17 bits per heavy atom. The van der Waals surface area contributed by atoms with Crippen LogP contribution in [0.4, 0.5) is 0 Å². The average Bonchev–Trinajstić information content (AvgIpc) is 2.83. The summed E-state index contributed by atoms with van der Waals surface area (Å²) in [5.74, 6) is 0. The van der Waals surface area contributed by atoms with Gasteiger partial charge in [-0.05, 0) is 24.9 Å². The number of rotatable bonds is 6. The minimum absolute atomic E-state index is 0.620. The first-order chi connectivity index (χ1) is 8.74. The van der Waals surface area contributed by atoms with E-state index in [0.717, 1.165) is 30.5 Å². The predicted octanol–water partition coefficient (Wildman–Crippen LogP) is 2.80. The molecule has 1 fully saturated rings. The quantitative estimate of drug-likeness (QED) is 0.869. The Balaban J connectivity index is 1.68. The summed E-state index contributed by atoms with van der Waals surface area (Å²) in [4.78, 5) is 2.54. The lowest BCUT2D eigenvalue weighted by atomic mass is 10.1. The molecule has 0 bridgehead atoms. The molecule has 1 aliphatic heterocycles. The molecule has 0 saturated carbocycles. The minimum atomic E-state index is 0.620. The van der Waals surface area contributed by atoms with E-state index in [1.807, 2.05) is 0 Å². The van der Waals surface area contributed by atoms with E-state index in [9.17, 15) is 0 Å². The third-order valence-electron chi connectivity index (χ3n) is 3.41. The lowest BCUT2D eigenvalue weighted by Crippen LogP contribution is -2.33. The van der Waals surface area contributed by atoms with Crippen LogP contribution < -0.4 is 5.32 Å². The predicted molar refractivity (Wildman–Crippen MR) is 81.1 cm³/mol. The first-order valence-corrected chi connectivity index (χ1v) is 7.36. The van der Waals surface area contributed by atoms with Crippen LogP contribution in [-0.4, -0.2) is 37.1 Å². The Hall–Kier alpha value is -0.640. The van der Waals surface area contributed by atoms with Crippen molar-refractivity contribution in [3.8, 4) is 0 Å². The molecule has 1 aliphatic rings. The van der Waals surface area contributed by atoms with Gasteiger partial charge >= 0.3 is 0 Å². The van der Waals surface area contributed by atoms with E-state index < -0.39 is 0 Å². The van der Waals surface area contributed by atoms with Crippen LogP contribution in [0.3, 0.4) is 0 Å². The highest BCUT2D eigenvalue weighted by Crippen LogP contribution is 2.11. The summed E-state index contributed by atoms with van der Waals surface area (Å²) in [5, 5.41) is 3.52. The van der Waals surface area contributed by atoms with Crippen LogP contribution in [0.2, 0.25) is 0 Å². The zero-order valence-corrected chi connectivity index (χ0v) is 12.3. The van der Waals surface area contributed by atoms with Gasteiger partial charge in [0.1, 0.15) is 0 Å². The van der Waals surface area contributed by atoms with E-state index in [1.54, 1.807) is 0 Å². The Morgan fingerprint density at radius 1 is 1.39 bits per heavy atom. The summed E-state index contributed by atoms with van der Waals surface area (Å²) in [6.45, 7) is 8.26. The first-order valence-electron chi connectivity index (χ1n) is 6.57. The van der Waals surface area contributed by atoms with Crippen molar-refractivity contribution in [3.63, 3.8) is 0 Å². The average molecular weight is 309 g/mol. The summed E-state index contributed by atoms with van der Waals surface area (Å²) in [6.07, 6.45) is 2.40. The lowest BCUT2D eigenvalue weighted by Gasteiger charge is -2.16. The van der Waals surface area contributed by atoms with Gasteiger partial charge in [0, 0.05) is 30.2 Å². The number of nitrogens with zero attached hydrogens (tertiary/aromatic N) is 1. The van der Waals surface area contributed by atoms with Crippen LogP contribution in [0, 0.1) is 0 Å². The van der Waals surface area contributed by atoms with Gasteiger partial charge in [-0.3, -0.25) is 0 Å². The fourth-order valence-electron chi connectivity index (χ4n) is 2.39. The van der Waals surface area contributed by atoms with Gasteiger partial charge in [0.25, 0.3) is 0 Å². The van der Waals surface area contributed by atoms with Crippen molar-refractivity contribution in [2.75, 3.05) is 26.2 Å². The number of hydrogen-bond acceptors (Lipinski definition) is 2. The Kier molecular flexibility index (Phi) is 5.42. The van der Waals surface area contributed by atoms with Gasteiger partial charge in [0.05, 0.1) is 0 Å². The molecule has 2 rings (SSSR count). The van der Waals surface area contributed by atoms with Crippen LogP contribution in [-0.2, 0) is 6.42 Å². The standard InChI is InChI=1S/C15H21BrN2/c1-13(16)11-17-15-8-10-18(12-15)9-7-14-5-3-2-4-6-14/h2-6,15,17H,1,7-12H2. The summed E-state index contributed by atoms with van der Waals surface area (Å²) < 4.78 is 1.03. The summed E-state index contributed by atoms with van der Waals surface area (Å²) in [7, 11) is 0. The van der Waals surface area contributed by atoms with E-state index in [1.165, 1.54) is 18.5 Å². The fraction of sp³-hybridized carbons (Fsp3) is 0.467. The van der Waals surface area contributed by atoms with Gasteiger partial charge in [-0.25, -0.2) is 0 Å². The maximum absolute atomic E-state index is 3.85. The summed E-state index contributed by atoms with van der Waals surface area (Å²) in [6, 6.07) is 11.3. The van der Waals surface area contributed by atoms with Gasteiger partial charge in [-0.1, -0.05) is 52.8 Å². The maximum Gasteiger partial charge on any atom is 0.0268 e. The van der Waals surface area contributed by atoms with Gasteiger partial charge in [-0.2, -0.15) is 0 Å². The van der Waals surface area contributed by atoms with Crippen molar-refractivity contribution in [2.24, 2.45) is 0 Å². The maximum atomic E-state index is 3.85. The van der Waals surface area contributed by atoms with E-state index in [4.69, 9.17) is 0 Å². The van der Waals surface area contributed by atoms with Crippen molar-refractivity contribution in [1.82, 2.24) is 10.2 Å². The van der Waals surface area contributed by atoms with Crippen molar-refractivity contribution < 1.29 is 0 Å². The topological polar surface area (TPSA) is 15.3 Å². The minimum Gasteiger partial charge on any atom is -0.308 e. The number of halogens is 1. The molecule has 0 aliphatic carbocycles. The van der Waals surface area contributed by atoms with Gasteiger partial charge in [0.2, 0.25) is 0 Å². The summed E-state index contributed by atoms with van der Waals surface area (Å²) in [5.41, 5.74) is 1.43. The van der Waals surface area contributed by atoms with Crippen molar-refractivity contribution in [2.45, 2.75) is 18.9 Å². The summed E-state index contributed by atoms with van der Waals surface area (Å²) >= 11 is 3.39. The second kappa shape index (κ2) is 7.07. The van der Waals surface area contributed by atoms with Crippen LogP contribution >= 0.6 is 15.9 Å². The molecule has 0 aromatic heterocycles. The number of benzene rings is 1. The first kappa shape index (κ1) is 13.8. The zero-order chi connectivity index (χ0) is 12.8. The molecule has 0 radical (unpaired) electrons. The largest absolute Gasteiger partial charge is 0.308 e. The van der Waals surface area contributed by atoms with E-state index in [-0.39, 0.29) is 0 Å². The van der Waals surface area contributed by atoms with E-state index >= 15 is 0 Å². The zero-order valence-electron chi connectivity index (χ0n) is 10.7. The molecule has 1 aromatic rings. The van der Waals surface area contributed by atoms with Gasteiger partial charge in [-0.15, -0.1) is 0 Å². The molecule has 18 heavy (non-hydrogen) atoms. The highest BCUT2D eigenvalue weighted by molar-refractivity contribution is 9.11. The molecule has 3 heteroatoms. The molecule has 1 atom stereocenters. The Morgan fingerprint density at radius 3 is 2.89 bits per heavy atom. The molecule has 1 aromatic carbocycles. The molecule has 1 N–H and O–H groups in total. The third-order valence-corrected chi connectivity index (χ3v) is 3.69. The van der Waals surface area contributed by atoms with Crippen LogP contribution in [0.1, 0.15) is 12.0 Å². The third kappa shape index (κ3) is 4.56. The highest BCUT2D eigenvalue weighted by atomic mass is 79.9. The highest BCUT2D eigenvalue weighted by Gasteiger charge is 2.21. The van der Waals surface area contributed by atoms with Gasteiger partial charge in [0.15, 0.2) is 0 Å². The molecule has 1 heterocycles.